The van der Waals surface area contributed by atoms with Gasteiger partial charge in [0.05, 0.1) is 5.60 Å². The lowest BCUT2D eigenvalue weighted by atomic mass is 9.97. The van der Waals surface area contributed by atoms with E-state index in [0.29, 0.717) is 13.2 Å². The molecule has 1 atom stereocenters. The minimum atomic E-state index is -0.382. The van der Waals surface area contributed by atoms with E-state index >= 15 is 0 Å². The molecule has 104 valence electrons. The van der Waals surface area contributed by atoms with Gasteiger partial charge in [-0.15, -0.1) is 0 Å². The molecule has 0 saturated carbocycles. The van der Waals surface area contributed by atoms with Crippen LogP contribution >= 0.6 is 0 Å². The largest absolute Gasteiger partial charge is 0.445 e. The number of benzene rings is 1. The summed E-state index contributed by atoms with van der Waals surface area (Å²) in [7, 11) is 0. The van der Waals surface area contributed by atoms with Gasteiger partial charge in [-0.05, 0) is 24.8 Å². The van der Waals surface area contributed by atoms with Gasteiger partial charge in [-0.25, -0.2) is 4.79 Å². The van der Waals surface area contributed by atoms with Crippen molar-refractivity contribution in [2.75, 3.05) is 13.2 Å². The van der Waals surface area contributed by atoms with Gasteiger partial charge in [0.1, 0.15) is 6.61 Å². The highest BCUT2D eigenvalue weighted by Crippen LogP contribution is 2.28. The summed E-state index contributed by atoms with van der Waals surface area (Å²) >= 11 is 0. The third-order valence-electron chi connectivity index (χ3n) is 3.60. The molecule has 1 heterocycles. The van der Waals surface area contributed by atoms with Crippen LogP contribution < -0.4 is 5.32 Å². The van der Waals surface area contributed by atoms with Gasteiger partial charge in [0.25, 0.3) is 0 Å². The predicted molar refractivity (Wildman–Crippen MR) is 72.8 cm³/mol. The lowest BCUT2D eigenvalue weighted by Crippen LogP contribution is -2.42. The summed E-state index contributed by atoms with van der Waals surface area (Å²) in [6, 6.07) is 9.65. The number of rotatable bonds is 5. The maximum atomic E-state index is 11.6. The number of hydrogen-bond acceptors (Lipinski definition) is 3. The van der Waals surface area contributed by atoms with Crippen LogP contribution in [-0.4, -0.2) is 24.8 Å². The van der Waals surface area contributed by atoms with Gasteiger partial charge >= 0.3 is 6.09 Å². The van der Waals surface area contributed by atoms with Crippen LogP contribution in [0.1, 0.15) is 31.7 Å². The molecule has 1 aliphatic heterocycles. The highest BCUT2D eigenvalue weighted by molar-refractivity contribution is 5.67. The number of alkyl carbamates (subject to hydrolysis) is 1. The van der Waals surface area contributed by atoms with E-state index in [4.69, 9.17) is 9.47 Å². The van der Waals surface area contributed by atoms with Gasteiger partial charge in [-0.2, -0.15) is 0 Å². The molecule has 1 fully saturated rings. The van der Waals surface area contributed by atoms with E-state index in [0.717, 1.165) is 31.4 Å². The fraction of sp³-hybridized carbons (Fsp3) is 0.533. The van der Waals surface area contributed by atoms with Crippen molar-refractivity contribution >= 4 is 6.09 Å². The lowest BCUT2D eigenvalue weighted by Gasteiger charge is -2.26. The molecule has 0 spiro atoms. The Balaban J connectivity index is 1.72. The zero-order valence-corrected chi connectivity index (χ0v) is 11.4. The van der Waals surface area contributed by atoms with Gasteiger partial charge in [0.15, 0.2) is 0 Å². The molecule has 0 aromatic heterocycles. The van der Waals surface area contributed by atoms with E-state index in [1.54, 1.807) is 0 Å². The molecule has 4 heteroatoms. The van der Waals surface area contributed by atoms with E-state index in [-0.39, 0.29) is 11.7 Å². The standard InChI is InChI=1S/C15H21NO3/c1-2-15(9-6-10-19-15)12-16-14(17)18-11-13-7-4-3-5-8-13/h3-5,7-8H,2,6,9-12H2,1H3,(H,16,17). The predicted octanol–water partition coefficient (Wildman–Crippen LogP) is 2.87. The molecule has 1 aromatic rings. The topological polar surface area (TPSA) is 47.6 Å². The Hall–Kier alpha value is -1.55. The van der Waals surface area contributed by atoms with Crippen LogP contribution in [0, 0.1) is 0 Å². The van der Waals surface area contributed by atoms with Crippen molar-refractivity contribution < 1.29 is 14.3 Å². The van der Waals surface area contributed by atoms with Gasteiger partial charge in [0.2, 0.25) is 0 Å². The second kappa shape index (κ2) is 6.57. The molecule has 1 amide bonds. The Labute approximate surface area is 114 Å². The number of carbonyl (C=O) groups excluding carboxylic acids is 1. The minimum Gasteiger partial charge on any atom is -0.445 e. The van der Waals surface area contributed by atoms with E-state index in [1.807, 2.05) is 30.3 Å². The first-order valence-corrected chi connectivity index (χ1v) is 6.83. The van der Waals surface area contributed by atoms with Crippen LogP contribution in [0.25, 0.3) is 0 Å². The zero-order chi connectivity index (χ0) is 13.6. The molecule has 1 saturated heterocycles. The molecular weight excluding hydrogens is 242 g/mol. The number of carbonyl (C=O) groups is 1. The van der Waals surface area contributed by atoms with Crippen molar-refractivity contribution in [3.63, 3.8) is 0 Å². The third-order valence-corrected chi connectivity index (χ3v) is 3.60. The summed E-state index contributed by atoms with van der Waals surface area (Å²) in [5.41, 5.74) is 0.797. The van der Waals surface area contributed by atoms with Crippen LogP contribution in [0.3, 0.4) is 0 Å². The number of nitrogens with one attached hydrogen (secondary N) is 1. The Bertz CT molecular complexity index is 399. The molecule has 19 heavy (non-hydrogen) atoms. The summed E-state index contributed by atoms with van der Waals surface area (Å²) in [6.45, 7) is 3.70. The summed E-state index contributed by atoms with van der Waals surface area (Å²) in [5.74, 6) is 0. The second-order valence-electron chi connectivity index (χ2n) is 4.90. The van der Waals surface area contributed by atoms with Crippen molar-refractivity contribution in [3.8, 4) is 0 Å². The van der Waals surface area contributed by atoms with Crippen molar-refractivity contribution in [3.05, 3.63) is 35.9 Å². The fourth-order valence-electron chi connectivity index (χ4n) is 2.31. The molecule has 1 unspecified atom stereocenters. The average molecular weight is 263 g/mol. The molecule has 1 N–H and O–H groups in total. The molecule has 2 rings (SSSR count). The van der Waals surface area contributed by atoms with Crippen LogP contribution in [0.2, 0.25) is 0 Å². The average Bonchev–Trinajstić information content (AvgIpc) is 2.93. The first-order valence-electron chi connectivity index (χ1n) is 6.83. The molecular formula is C15H21NO3. The van der Waals surface area contributed by atoms with Crippen LogP contribution in [0.5, 0.6) is 0 Å². The van der Waals surface area contributed by atoms with Crippen LogP contribution in [0.15, 0.2) is 30.3 Å². The second-order valence-corrected chi connectivity index (χ2v) is 4.90. The van der Waals surface area contributed by atoms with E-state index < -0.39 is 0 Å². The van der Waals surface area contributed by atoms with Crippen molar-refractivity contribution in [1.29, 1.82) is 0 Å². The van der Waals surface area contributed by atoms with Crippen molar-refractivity contribution in [2.45, 2.75) is 38.4 Å². The quantitative estimate of drug-likeness (QED) is 0.888. The first kappa shape index (κ1) is 13.9. The Morgan fingerprint density at radius 2 is 2.21 bits per heavy atom. The molecule has 0 aliphatic carbocycles. The SMILES string of the molecule is CCC1(CNC(=O)OCc2ccccc2)CCCO1. The Morgan fingerprint density at radius 1 is 1.42 bits per heavy atom. The van der Waals surface area contributed by atoms with Gasteiger partial charge in [-0.3, -0.25) is 0 Å². The monoisotopic (exact) mass is 263 g/mol. The van der Waals surface area contributed by atoms with Gasteiger partial charge in [-0.1, -0.05) is 37.3 Å². The first-order chi connectivity index (χ1) is 9.24. The normalized spacial score (nSPS) is 22.2. The van der Waals surface area contributed by atoms with E-state index in [9.17, 15) is 4.79 Å². The smallest absolute Gasteiger partial charge is 0.407 e. The van der Waals surface area contributed by atoms with Crippen molar-refractivity contribution in [2.24, 2.45) is 0 Å². The minimum absolute atomic E-state index is 0.189. The van der Waals surface area contributed by atoms with Crippen LogP contribution in [-0.2, 0) is 16.1 Å². The zero-order valence-electron chi connectivity index (χ0n) is 11.4. The maximum Gasteiger partial charge on any atom is 0.407 e. The van der Waals surface area contributed by atoms with Gasteiger partial charge in [0, 0.05) is 13.2 Å². The van der Waals surface area contributed by atoms with Crippen LogP contribution in [0.4, 0.5) is 4.79 Å². The van der Waals surface area contributed by atoms with E-state index in [2.05, 4.69) is 12.2 Å². The Morgan fingerprint density at radius 3 is 2.84 bits per heavy atom. The number of hydrogen-bond donors (Lipinski definition) is 1. The number of amides is 1. The maximum absolute atomic E-state index is 11.6. The molecule has 0 radical (unpaired) electrons. The highest BCUT2D eigenvalue weighted by atomic mass is 16.5. The molecule has 4 nitrogen and oxygen atoms in total. The number of ether oxygens (including phenoxy) is 2. The summed E-state index contributed by atoms with van der Waals surface area (Å²) in [6.07, 6.45) is 2.59. The lowest BCUT2D eigenvalue weighted by molar-refractivity contribution is 0.00136. The highest BCUT2D eigenvalue weighted by Gasteiger charge is 2.33. The summed E-state index contributed by atoms with van der Waals surface area (Å²) in [4.78, 5) is 11.6. The van der Waals surface area contributed by atoms with Gasteiger partial charge < -0.3 is 14.8 Å². The van der Waals surface area contributed by atoms with E-state index in [1.165, 1.54) is 0 Å². The summed E-state index contributed by atoms with van der Waals surface area (Å²) < 4.78 is 10.9. The molecule has 1 aliphatic rings. The summed E-state index contributed by atoms with van der Waals surface area (Å²) in [5, 5.41) is 2.80. The fourth-order valence-corrected chi connectivity index (χ4v) is 2.31. The molecule has 0 bridgehead atoms. The third kappa shape index (κ3) is 3.96. The Kier molecular flexibility index (Phi) is 4.80. The molecule has 1 aromatic carbocycles. The van der Waals surface area contributed by atoms with Crippen molar-refractivity contribution in [1.82, 2.24) is 5.32 Å².